The quantitative estimate of drug-likeness (QED) is 0.870. The van der Waals surface area contributed by atoms with E-state index in [1.165, 1.54) is 11.9 Å². The third kappa shape index (κ3) is 3.31. The van der Waals surface area contributed by atoms with Crippen LogP contribution < -0.4 is 0 Å². The largest absolute Gasteiger partial charge is 0.480 e. The monoisotopic (exact) mass is 291 g/mol. The minimum absolute atomic E-state index is 0.124. The van der Waals surface area contributed by atoms with Crippen LogP contribution in [0.4, 0.5) is 0 Å². The molecule has 2 aromatic heterocycles. The first-order chi connectivity index (χ1) is 10.0. The van der Waals surface area contributed by atoms with Crippen molar-refractivity contribution in [2.75, 3.05) is 7.05 Å². The summed E-state index contributed by atoms with van der Waals surface area (Å²) in [5.74, 6) is -0.772. The van der Waals surface area contributed by atoms with E-state index in [2.05, 4.69) is 5.10 Å². The summed E-state index contributed by atoms with van der Waals surface area (Å²) in [5.41, 5.74) is 0. The highest BCUT2D eigenvalue weighted by atomic mass is 16.4. The molecule has 112 valence electrons. The first-order valence-electron chi connectivity index (χ1n) is 6.59. The number of hydrogen-bond acceptors (Lipinski definition) is 4. The van der Waals surface area contributed by atoms with Crippen LogP contribution in [0.15, 0.2) is 35.0 Å². The Hall–Kier alpha value is -2.57. The topological polar surface area (TPSA) is 88.6 Å². The molecule has 0 spiro atoms. The Morgan fingerprint density at radius 2 is 2.24 bits per heavy atom. The molecule has 0 saturated carbocycles. The predicted molar refractivity (Wildman–Crippen MR) is 73.8 cm³/mol. The third-order valence-electron chi connectivity index (χ3n) is 3.21. The zero-order valence-corrected chi connectivity index (χ0v) is 11.9. The number of carboxylic acid groups (broad SMARTS) is 1. The van der Waals surface area contributed by atoms with Crippen LogP contribution in [0.5, 0.6) is 0 Å². The fraction of sp³-hybridized carbons (Fsp3) is 0.357. The molecule has 0 aliphatic carbocycles. The first kappa shape index (κ1) is 14.8. The van der Waals surface area contributed by atoms with E-state index < -0.39 is 17.9 Å². The first-order valence-corrected chi connectivity index (χ1v) is 6.59. The predicted octanol–water partition coefficient (Wildman–Crippen LogP) is 1.46. The fourth-order valence-electron chi connectivity index (χ4n) is 2.06. The summed E-state index contributed by atoms with van der Waals surface area (Å²) in [6, 6.07) is 4.16. The lowest BCUT2D eigenvalue weighted by molar-refractivity contribution is -0.142. The zero-order chi connectivity index (χ0) is 15.4. The van der Waals surface area contributed by atoms with Crippen molar-refractivity contribution >= 4 is 11.9 Å². The second kappa shape index (κ2) is 6.25. The van der Waals surface area contributed by atoms with Crippen molar-refractivity contribution in [2.24, 2.45) is 0 Å². The Kier molecular flexibility index (Phi) is 4.42. The number of likely N-dealkylation sites (N-methyl/N-ethyl adjacent to an activating group) is 1. The Balaban J connectivity index is 2.09. The van der Waals surface area contributed by atoms with Gasteiger partial charge in [0, 0.05) is 19.4 Å². The highest BCUT2D eigenvalue weighted by Crippen LogP contribution is 2.14. The van der Waals surface area contributed by atoms with Gasteiger partial charge >= 0.3 is 5.97 Å². The van der Waals surface area contributed by atoms with Gasteiger partial charge in [-0.2, -0.15) is 5.10 Å². The van der Waals surface area contributed by atoms with Crippen molar-refractivity contribution in [1.29, 1.82) is 0 Å². The van der Waals surface area contributed by atoms with E-state index >= 15 is 0 Å². The van der Waals surface area contributed by atoms with Crippen LogP contribution >= 0.6 is 0 Å². The maximum absolute atomic E-state index is 12.2. The van der Waals surface area contributed by atoms with Gasteiger partial charge in [-0.3, -0.25) is 9.48 Å². The summed E-state index contributed by atoms with van der Waals surface area (Å²) < 4.78 is 7.14. The fourth-order valence-corrected chi connectivity index (χ4v) is 2.06. The number of carboxylic acids is 1. The van der Waals surface area contributed by atoms with Crippen LogP contribution in [0.3, 0.4) is 0 Å². The molecule has 7 heteroatoms. The number of aliphatic carboxylic acids is 1. The highest BCUT2D eigenvalue weighted by molar-refractivity contribution is 5.94. The number of furan rings is 1. The molecule has 1 atom stereocenters. The van der Waals surface area contributed by atoms with E-state index in [-0.39, 0.29) is 5.76 Å². The molecule has 0 fully saturated rings. The lowest BCUT2D eigenvalue weighted by atomic mass is 10.2. The molecule has 0 bridgehead atoms. The summed E-state index contributed by atoms with van der Waals surface area (Å²) in [5, 5.41) is 13.1. The van der Waals surface area contributed by atoms with Crippen molar-refractivity contribution in [3.05, 3.63) is 42.1 Å². The molecule has 0 radical (unpaired) electrons. The van der Waals surface area contributed by atoms with Gasteiger partial charge in [0.25, 0.3) is 5.91 Å². The molecular weight excluding hydrogens is 274 g/mol. The second-order valence-electron chi connectivity index (χ2n) is 4.65. The molecule has 0 aliphatic rings. The molecule has 0 aromatic carbocycles. The van der Waals surface area contributed by atoms with Crippen LogP contribution in [0, 0.1) is 0 Å². The smallest absolute Gasteiger partial charge is 0.326 e. The molecule has 1 amide bonds. The maximum atomic E-state index is 12.2. The molecule has 2 rings (SSSR count). The van der Waals surface area contributed by atoms with Crippen LogP contribution in [-0.2, 0) is 11.3 Å². The van der Waals surface area contributed by atoms with E-state index in [9.17, 15) is 9.59 Å². The summed E-state index contributed by atoms with van der Waals surface area (Å²) in [6.45, 7) is 2.13. The number of nitrogens with zero attached hydrogens (tertiary/aromatic N) is 3. The summed E-state index contributed by atoms with van der Waals surface area (Å²) in [6.07, 6.45) is 3.77. The number of amides is 1. The second-order valence-corrected chi connectivity index (χ2v) is 4.65. The van der Waals surface area contributed by atoms with Gasteiger partial charge in [0.05, 0.1) is 6.54 Å². The van der Waals surface area contributed by atoms with Gasteiger partial charge in [0.1, 0.15) is 11.8 Å². The summed E-state index contributed by atoms with van der Waals surface area (Å²) in [4.78, 5) is 24.5. The SMILES string of the molecule is CCC(C(=O)O)N(C)C(=O)c1ccc(Cn2cccn2)o1. The molecule has 2 heterocycles. The average Bonchev–Trinajstić information content (AvgIpc) is 3.10. The van der Waals surface area contributed by atoms with Crippen molar-refractivity contribution < 1.29 is 19.1 Å². The van der Waals surface area contributed by atoms with Crippen LogP contribution in [-0.4, -0.2) is 44.8 Å². The highest BCUT2D eigenvalue weighted by Gasteiger charge is 2.27. The number of rotatable bonds is 6. The average molecular weight is 291 g/mol. The minimum Gasteiger partial charge on any atom is -0.480 e. The molecule has 1 N–H and O–H groups in total. The van der Waals surface area contributed by atoms with Crippen molar-refractivity contribution in [3.8, 4) is 0 Å². The number of carbonyl (C=O) groups is 2. The molecule has 21 heavy (non-hydrogen) atoms. The minimum atomic E-state index is -1.03. The zero-order valence-electron chi connectivity index (χ0n) is 11.9. The lowest BCUT2D eigenvalue weighted by Gasteiger charge is -2.22. The third-order valence-corrected chi connectivity index (χ3v) is 3.21. The van der Waals surface area contributed by atoms with Gasteiger partial charge in [0.15, 0.2) is 5.76 Å². The van der Waals surface area contributed by atoms with Crippen LogP contribution in [0.2, 0.25) is 0 Å². The normalized spacial score (nSPS) is 12.1. The number of aromatic nitrogens is 2. The van der Waals surface area contributed by atoms with Gasteiger partial charge in [-0.1, -0.05) is 6.92 Å². The maximum Gasteiger partial charge on any atom is 0.326 e. The molecule has 7 nitrogen and oxygen atoms in total. The molecule has 2 aromatic rings. The van der Waals surface area contributed by atoms with E-state index in [1.54, 1.807) is 42.2 Å². The van der Waals surface area contributed by atoms with Gasteiger partial charge < -0.3 is 14.4 Å². The van der Waals surface area contributed by atoms with E-state index in [4.69, 9.17) is 9.52 Å². The van der Waals surface area contributed by atoms with Gasteiger partial charge in [-0.15, -0.1) is 0 Å². The van der Waals surface area contributed by atoms with Gasteiger partial charge in [-0.05, 0) is 24.6 Å². The molecule has 0 aliphatic heterocycles. The lowest BCUT2D eigenvalue weighted by Crippen LogP contribution is -2.41. The molecule has 1 unspecified atom stereocenters. The van der Waals surface area contributed by atoms with E-state index in [1.807, 2.05) is 0 Å². The van der Waals surface area contributed by atoms with Crippen molar-refractivity contribution in [2.45, 2.75) is 25.9 Å². The van der Waals surface area contributed by atoms with E-state index in [0.717, 1.165) is 0 Å². The van der Waals surface area contributed by atoms with Crippen molar-refractivity contribution in [1.82, 2.24) is 14.7 Å². The van der Waals surface area contributed by atoms with E-state index in [0.29, 0.717) is 18.7 Å². The van der Waals surface area contributed by atoms with Crippen molar-refractivity contribution in [3.63, 3.8) is 0 Å². The number of hydrogen-bond donors (Lipinski definition) is 1. The van der Waals surface area contributed by atoms with Gasteiger partial charge in [-0.25, -0.2) is 4.79 Å². The van der Waals surface area contributed by atoms with Gasteiger partial charge in [0.2, 0.25) is 0 Å². The van der Waals surface area contributed by atoms with Crippen LogP contribution in [0.1, 0.15) is 29.7 Å². The standard InChI is InChI=1S/C14H17N3O4/c1-3-11(14(19)20)16(2)13(18)12-6-5-10(21-12)9-17-8-4-7-15-17/h4-8,11H,3,9H2,1-2H3,(H,19,20). The Morgan fingerprint density at radius 1 is 1.48 bits per heavy atom. The van der Waals surface area contributed by atoms with Crippen LogP contribution in [0.25, 0.3) is 0 Å². The molecular formula is C14H17N3O4. The Labute approximate surface area is 121 Å². The molecule has 0 saturated heterocycles. The number of carbonyl (C=O) groups excluding carboxylic acids is 1. The summed E-state index contributed by atoms with van der Waals surface area (Å²) >= 11 is 0. The summed E-state index contributed by atoms with van der Waals surface area (Å²) in [7, 11) is 1.46. The Bertz CT molecular complexity index is 618. The Morgan fingerprint density at radius 3 is 2.81 bits per heavy atom.